The van der Waals surface area contributed by atoms with Crippen LogP contribution >= 0.6 is 15.9 Å². The van der Waals surface area contributed by atoms with Crippen LogP contribution in [0.3, 0.4) is 0 Å². The summed E-state index contributed by atoms with van der Waals surface area (Å²) in [6.07, 6.45) is 0. The first-order valence-corrected chi connectivity index (χ1v) is 7.61. The molecule has 2 aromatic carbocycles. The maximum Gasteiger partial charge on any atom is 0.119 e. The van der Waals surface area contributed by atoms with Gasteiger partial charge in [-0.05, 0) is 35.0 Å². The van der Waals surface area contributed by atoms with E-state index in [1.807, 2.05) is 49.4 Å². The summed E-state index contributed by atoms with van der Waals surface area (Å²) >= 11 is 3.65. The van der Waals surface area contributed by atoms with E-state index in [2.05, 4.69) is 38.3 Å². The first kappa shape index (κ1) is 13.9. The lowest BCUT2D eigenvalue weighted by Crippen LogP contribution is -1.91. The Labute approximate surface area is 132 Å². The molecule has 0 bridgehead atoms. The first-order chi connectivity index (χ1) is 10.3. The Kier molecular flexibility index (Phi) is 4.06. The van der Waals surface area contributed by atoms with Crippen molar-refractivity contribution in [3.63, 3.8) is 0 Å². The lowest BCUT2D eigenvalue weighted by molar-refractivity contribution is 0.340. The van der Waals surface area contributed by atoms with E-state index in [0.717, 1.165) is 32.7 Å². The number of H-pyrrole nitrogens is 1. The van der Waals surface area contributed by atoms with Gasteiger partial charge < -0.3 is 4.74 Å². The number of benzene rings is 2. The molecule has 1 aromatic heterocycles. The van der Waals surface area contributed by atoms with E-state index in [-0.39, 0.29) is 0 Å². The molecule has 0 radical (unpaired) electrons. The van der Waals surface area contributed by atoms with Gasteiger partial charge in [0, 0.05) is 11.1 Å². The molecule has 0 amide bonds. The Morgan fingerprint density at radius 3 is 2.57 bits per heavy atom. The maximum atomic E-state index is 5.55. The highest BCUT2D eigenvalue weighted by atomic mass is 79.9. The van der Waals surface area contributed by atoms with Crippen LogP contribution in [0.2, 0.25) is 0 Å². The van der Waals surface area contributed by atoms with Crippen LogP contribution in [0.4, 0.5) is 0 Å². The third-order valence-corrected chi connectivity index (χ3v) is 3.96. The Morgan fingerprint density at radius 2 is 1.81 bits per heavy atom. The highest BCUT2D eigenvalue weighted by Gasteiger charge is 2.14. The van der Waals surface area contributed by atoms with Crippen LogP contribution in [0.15, 0.2) is 59.1 Å². The van der Waals surface area contributed by atoms with Crippen molar-refractivity contribution in [2.45, 2.75) is 6.92 Å². The van der Waals surface area contributed by atoms with Crippen LogP contribution in [-0.4, -0.2) is 16.8 Å². The number of rotatable bonds is 4. The number of nitrogens with one attached hydrogen (secondary N) is 1. The molecule has 0 aliphatic heterocycles. The smallest absolute Gasteiger partial charge is 0.119 e. The second-order valence-electron chi connectivity index (χ2n) is 4.59. The van der Waals surface area contributed by atoms with Gasteiger partial charge in [0.05, 0.1) is 16.8 Å². The lowest BCUT2D eigenvalue weighted by Gasteiger charge is -2.05. The number of halogens is 1. The zero-order valence-electron chi connectivity index (χ0n) is 11.6. The zero-order chi connectivity index (χ0) is 14.7. The molecule has 0 aliphatic carbocycles. The average Bonchev–Trinajstić information content (AvgIpc) is 2.90. The van der Waals surface area contributed by atoms with Gasteiger partial charge in [-0.25, -0.2) is 0 Å². The summed E-state index contributed by atoms with van der Waals surface area (Å²) in [5.74, 6) is 0.853. The van der Waals surface area contributed by atoms with E-state index < -0.39 is 0 Å². The predicted molar refractivity (Wildman–Crippen MR) is 88.3 cm³/mol. The molecule has 3 nitrogen and oxygen atoms in total. The van der Waals surface area contributed by atoms with Crippen molar-refractivity contribution in [1.29, 1.82) is 0 Å². The van der Waals surface area contributed by atoms with Crippen molar-refractivity contribution in [3.05, 3.63) is 59.1 Å². The number of aromatic nitrogens is 2. The van der Waals surface area contributed by atoms with Gasteiger partial charge in [-0.15, -0.1) is 0 Å². The topological polar surface area (TPSA) is 37.9 Å². The van der Waals surface area contributed by atoms with E-state index >= 15 is 0 Å². The molecule has 1 N–H and O–H groups in total. The van der Waals surface area contributed by atoms with Crippen molar-refractivity contribution in [2.75, 3.05) is 6.61 Å². The summed E-state index contributed by atoms with van der Waals surface area (Å²) in [6, 6.07) is 18.1. The molecule has 106 valence electrons. The Morgan fingerprint density at radius 1 is 1.05 bits per heavy atom. The van der Waals surface area contributed by atoms with E-state index in [0.29, 0.717) is 6.61 Å². The molecule has 0 unspecified atom stereocenters. The molecule has 21 heavy (non-hydrogen) atoms. The van der Waals surface area contributed by atoms with Gasteiger partial charge in [-0.3, -0.25) is 5.10 Å². The average molecular weight is 343 g/mol. The quantitative estimate of drug-likeness (QED) is 0.731. The highest BCUT2D eigenvalue weighted by molar-refractivity contribution is 9.10. The molecular weight excluding hydrogens is 328 g/mol. The molecule has 3 rings (SSSR count). The van der Waals surface area contributed by atoms with Crippen molar-refractivity contribution in [2.24, 2.45) is 0 Å². The van der Waals surface area contributed by atoms with Crippen molar-refractivity contribution < 1.29 is 4.74 Å². The van der Waals surface area contributed by atoms with Gasteiger partial charge in [0.1, 0.15) is 11.4 Å². The SMILES string of the molecule is CCOc1cccc(-c2n[nH]c(-c3ccccc3)c2Br)c1. The molecule has 0 saturated heterocycles. The summed E-state index contributed by atoms with van der Waals surface area (Å²) in [5.41, 5.74) is 3.98. The maximum absolute atomic E-state index is 5.55. The van der Waals surface area contributed by atoms with Crippen LogP contribution in [-0.2, 0) is 0 Å². The van der Waals surface area contributed by atoms with Crippen LogP contribution in [0.1, 0.15) is 6.92 Å². The van der Waals surface area contributed by atoms with Gasteiger partial charge in [-0.2, -0.15) is 5.10 Å². The van der Waals surface area contributed by atoms with Crippen LogP contribution in [0.5, 0.6) is 5.75 Å². The standard InChI is InChI=1S/C17H15BrN2O/c1-2-21-14-10-6-9-13(11-14)17-15(18)16(19-20-17)12-7-4-3-5-8-12/h3-11H,2H2,1H3,(H,19,20). The molecule has 0 aliphatic rings. The summed E-state index contributed by atoms with van der Waals surface area (Å²) in [5, 5.41) is 7.54. The minimum absolute atomic E-state index is 0.653. The second kappa shape index (κ2) is 6.14. The van der Waals surface area contributed by atoms with E-state index in [1.54, 1.807) is 0 Å². The normalized spacial score (nSPS) is 10.6. The highest BCUT2D eigenvalue weighted by Crippen LogP contribution is 2.35. The predicted octanol–water partition coefficient (Wildman–Crippen LogP) is 4.90. The second-order valence-corrected chi connectivity index (χ2v) is 5.38. The lowest BCUT2D eigenvalue weighted by atomic mass is 10.1. The van der Waals surface area contributed by atoms with Crippen LogP contribution < -0.4 is 4.74 Å². The van der Waals surface area contributed by atoms with Gasteiger partial charge >= 0.3 is 0 Å². The fourth-order valence-electron chi connectivity index (χ4n) is 2.22. The molecule has 0 saturated carbocycles. The number of hydrogen-bond acceptors (Lipinski definition) is 2. The minimum Gasteiger partial charge on any atom is -0.494 e. The number of ether oxygens (including phenoxy) is 1. The molecule has 3 aromatic rings. The van der Waals surface area contributed by atoms with Gasteiger partial charge in [0.25, 0.3) is 0 Å². The monoisotopic (exact) mass is 342 g/mol. The van der Waals surface area contributed by atoms with Crippen LogP contribution in [0.25, 0.3) is 22.5 Å². The number of hydrogen-bond donors (Lipinski definition) is 1. The van der Waals surface area contributed by atoms with E-state index in [4.69, 9.17) is 4.74 Å². The molecule has 0 fully saturated rings. The van der Waals surface area contributed by atoms with Crippen molar-refractivity contribution in [1.82, 2.24) is 10.2 Å². The first-order valence-electron chi connectivity index (χ1n) is 6.82. The van der Waals surface area contributed by atoms with Gasteiger partial charge in [0.15, 0.2) is 0 Å². The minimum atomic E-state index is 0.653. The van der Waals surface area contributed by atoms with Gasteiger partial charge in [0.2, 0.25) is 0 Å². The molecular formula is C17H15BrN2O. The largest absolute Gasteiger partial charge is 0.494 e. The van der Waals surface area contributed by atoms with Crippen LogP contribution in [0, 0.1) is 0 Å². The van der Waals surface area contributed by atoms with Crippen molar-refractivity contribution in [3.8, 4) is 28.3 Å². The third-order valence-electron chi connectivity index (χ3n) is 3.19. The fraction of sp³-hybridized carbons (Fsp3) is 0.118. The molecule has 4 heteroatoms. The van der Waals surface area contributed by atoms with E-state index in [1.165, 1.54) is 0 Å². The molecule has 0 atom stereocenters. The van der Waals surface area contributed by atoms with E-state index in [9.17, 15) is 0 Å². The Hall–Kier alpha value is -2.07. The van der Waals surface area contributed by atoms with Crippen molar-refractivity contribution >= 4 is 15.9 Å². The number of aromatic amines is 1. The Balaban J connectivity index is 2.01. The zero-order valence-corrected chi connectivity index (χ0v) is 13.2. The fourth-order valence-corrected chi connectivity index (χ4v) is 2.85. The third kappa shape index (κ3) is 2.85. The summed E-state index contributed by atoms with van der Waals surface area (Å²) < 4.78 is 6.51. The Bertz CT molecular complexity index is 738. The van der Waals surface area contributed by atoms with Gasteiger partial charge in [-0.1, -0.05) is 42.5 Å². The summed E-state index contributed by atoms with van der Waals surface area (Å²) in [4.78, 5) is 0. The summed E-state index contributed by atoms with van der Waals surface area (Å²) in [7, 11) is 0. The molecule has 0 spiro atoms. The number of nitrogens with zero attached hydrogens (tertiary/aromatic N) is 1. The summed E-state index contributed by atoms with van der Waals surface area (Å²) in [6.45, 7) is 2.63. The molecule has 1 heterocycles.